The molecule has 0 bridgehead atoms. The molecule has 0 spiro atoms. The third-order valence-electron chi connectivity index (χ3n) is 7.28. The van der Waals surface area contributed by atoms with Crippen LogP contribution in [0.4, 0.5) is 4.39 Å². The highest BCUT2D eigenvalue weighted by Crippen LogP contribution is 2.40. The molecule has 0 heterocycles. The van der Waals surface area contributed by atoms with E-state index in [2.05, 4.69) is 26.0 Å². The Kier molecular flexibility index (Phi) is 9.15. The summed E-state index contributed by atoms with van der Waals surface area (Å²) in [7, 11) is 1.51. The number of unbranched alkanes of at least 4 members (excludes halogenated alkanes) is 4. The van der Waals surface area contributed by atoms with Crippen LogP contribution < -0.4 is 4.74 Å². The number of hydrogen-bond acceptors (Lipinski definition) is 2. The number of ether oxygens (including phenoxy) is 1. The lowest BCUT2D eigenvalue weighted by Crippen LogP contribution is -2.12. The second kappa shape index (κ2) is 12.0. The van der Waals surface area contributed by atoms with Crippen molar-refractivity contribution in [2.75, 3.05) is 7.11 Å². The quantitative estimate of drug-likeness (QED) is 0.350. The van der Waals surface area contributed by atoms with Gasteiger partial charge in [0.05, 0.1) is 18.7 Å². The van der Waals surface area contributed by atoms with E-state index in [0.717, 1.165) is 30.7 Å². The molecule has 2 aromatic carbocycles. The van der Waals surface area contributed by atoms with Crippen LogP contribution in [0.1, 0.15) is 101 Å². The zero-order valence-corrected chi connectivity index (χ0v) is 20.1. The highest BCUT2D eigenvalue weighted by Gasteiger charge is 2.23. The van der Waals surface area contributed by atoms with Gasteiger partial charge in [0.25, 0.3) is 0 Å². The van der Waals surface area contributed by atoms with Gasteiger partial charge < -0.3 is 4.74 Å². The molecular weight excluding hydrogens is 397 g/mol. The van der Waals surface area contributed by atoms with Crippen molar-refractivity contribution < 1.29 is 9.13 Å². The molecule has 0 N–H and O–H groups in total. The van der Waals surface area contributed by atoms with Crippen molar-refractivity contribution in [1.82, 2.24) is 0 Å². The summed E-state index contributed by atoms with van der Waals surface area (Å²) in [5.74, 6) is 1.33. The molecule has 1 fully saturated rings. The van der Waals surface area contributed by atoms with Gasteiger partial charge in [-0.05, 0) is 67.6 Å². The van der Waals surface area contributed by atoms with E-state index in [1.54, 1.807) is 0 Å². The third kappa shape index (κ3) is 5.71. The average molecular weight is 436 g/mol. The number of methoxy groups -OCH3 is 1. The Bertz CT molecular complexity index is 921. The van der Waals surface area contributed by atoms with Crippen LogP contribution in [-0.4, -0.2) is 7.11 Å². The topological polar surface area (TPSA) is 33.0 Å². The van der Waals surface area contributed by atoms with Crippen molar-refractivity contribution in [3.05, 3.63) is 52.8 Å². The summed E-state index contributed by atoms with van der Waals surface area (Å²) >= 11 is 0. The van der Waals surface area contributed by atoms with Crippen LogP contribution in [0.2, 0.25) is 0 Å². The van der Waals surface area contributed by atoms with Crippen molar-refractivity contribution >= 4 is 0 Å². The Morgan fingerprint density at radius 2 is 1.69 bits per heavy atom. The standard InChI is InChI=1S/C29H38FNO/c1-4-6-7-8-9-10-23-15-18-27(29(32-3)28(23)30)26-17-16-24(19-25(26)20-31)22-13-11-21(5-2)12-14-22/h15-19,21-22H,4-14H2,1-3H3. The monoisotopic (exact) mass is 435 g/mol. The summed E-state index contributed by atoms with van der Waals surface area (Å²) in [6.45, 7) is 4.47. The first-order valence-corrected chi connectivity index (χ1v) is 12.5. The number of nitrogens with zero attached hydrogens (tertiary/aromatic N) is 1. The maximum Gasteiger partial charge on any atom is 0.168 e. The molecule has 0 saturated heterocycles. The highest BCUT2D eigenvalue weighted by molar-refractivity contribution is 5.77. The van der Waals surface area contributed by atoms with Crippen LogP contribution in [0.25, 0.3) is 11.1 Å². The first-order chi connectivity index (χ1) is 15.6. The van der Waals surface area contributed by atoms with Gasteiger partial charge >= 0.3 is 0 Å². The van der Waals surface area contributed by atoms with Gasteiger partial charge in [0.15, 0.2) is 11.6 Å². The molecule has 0 atom stereocenters. The lowest BCUT2D eigenvalue weighted by molar-refractivity contribution is 0.319. The van der Waals surface area contributed by atoms with Crippen LogP contribution in [0.3, 0.4) is 0 Å². The molecule has 0 amide bonds. The SMILES string of the molecule is CCCCCCCc1ccc(-c2ccc(C3CCC(CC)CC3)cc2C#N)c(OC)c1F. The highest BCUT2D eigenvalue weighted by atomic mass is 19.1. The molecule has 0 unspecified atom stereocenters. The fourth-order valence-corrected chi connectivity index (χ4v) is 5.17. The number of hydrogen-bond donors (Lipinski definition) is 0. The zero-order valence-electron chi connectivity index (χ0n) is 20.1. The Balaban J connectivity index is 1.82. The van der Waals surface area contributed by atoms with Crippen LogP contribution in [0.5, 0.6) is 5.75 Å². The van der Waals surface area contributed by atoms with Crippen LogP contribution in [0.15, 0.2) is 30.3 Å². The maximum atomic E-state index is 15.3. The lowest BCUT2D eigenvalue weighted by atomic mass is 9.77. The van der Waals surface area contributed by atoms with E-state index in [4.69, 9.17) is 4.74 Å². The zero-order chi connectivity index (χ0) is 22.9. The minimum Gasteiger partial charge on any atom is -0.493 e. The minimum atomic E-state index is -0.286. The van der Waals surface area contributed by atoms with Gasteiger partial charge in [0.1, 0.15) is 0 Å². The van der Waals surface area contributed by atoms with E-state index in [1.807, 2.05) is 24.3 Å². The minimum absolute atomic E-state index is 0.253. The van der Waals surface area contributed by atoms with Crippen LogP contribution in [-0.2, 0) is 6.42 Å². The van der Waals surface area contributed by atoms with Gasteiger partial charge in [0, 0.05) is 11.1 Å². The van der Waals surface area contributed by atoms with E-state index >= 15 is 4.39 Å². The molecule has 2 nitrogen and oxygen atoms in total. The van der Waals surface area contributed by atoms with Gasteiger partial charge in [0.2, 0.25) is 0 Å². The molecule has 2 aromatic rings. The largest absolute Gasteiger partial charge is 0.493 e. The summed E-state index contributed by atoms with van der Waals surface area (Å²) in [6, 6.07) is 12.3. The van der Waals surface area contributed by atoms with E-state index in [9.17, 15) is 5.26 Å². The number of aryl methyl sites for hydroxylation is 1. The fourth-order valence-electron chi connectivity index (χ4n) is 5.17. The molecule has 1 aliphatic carbocycles. The molecule has 0 aromatic heterocycles. The Labute approximate surface area is 193 Å². The summed E-state index contributed by atoms with van der Waals surface area (Å²) in [6.07, 6.45) is 12.6. The van der Waals surface area contributed by atoms with Gasteiger partial charge in [-0.2, -0.15) is 5.26 Å². The molecule has 0 radical (unpaired) electrons. The predicted octanol–water partition coefficient (Wildman–Crippen LogP) is 8.57. The maximum absolute atomic E-state index is 15.3. The second-order valence-electron chi connectivity index (χ2n) is 9.33. The van der Waals surface area contributed by atoms with E-state index < -0.39 is 0 Å². The first kappa shape index (κ1) is 24.3. The van der Waals surface area contributed by atoms with E-state index in [-0.39, 0.29) is 11.6 Å². The predicted molar refractivity (Wildman–Crippen MR) is 131 cm³/mol. The summed E-state index contributed by atoms with van der Waals surface area (Å²) < 4.78 is 20.8. The Morgan fingerprint density at radius 1 is 0.969 bits per heavy atom. The van der Waals surface area contributed by atoms with Crippen molar-refractivity contribution in [2.45, 2.75) is 90.4 Å². The normalized spacial score (nSPS) is 18.3. The molecule has 32 heavy (non-hydrogen) atoms. The molecule has 1 saturated carbocycles. The average Bonchev–Trinajstić information content (AvgIpc) is 2.84. The number of rotatable bonds is 10. The summed E-state index contributed by atoms with van der Waals surface area (Å²) in [5.41, 5.74) is 3.96. The lowest BCUT2D eigenvalue weighted by Gasteiger charge is -2.28. The van der Waals surface area contributed by atoms with E-state index in [0.29, 0.717) is 22.6 Å². The molecule has 0 aliphatic heterocycles. The molecule has 3 heteroatoms. The van der Waals surface area contributed by atoms with Gasteiger partial charge in [-0.15, -0.1) is 0 Å². The fraction of sp³-hybridized carbons (Fsp3) is 0.552. The van der Waals surface area contributed by atoms with Crippen LogP contribution >= 0.6 is 0 Å². The van der Waals surface area contributed by atoms with E-state index in [1.165, 1.54) is 64.0 Å². The van der Waals surface area contributed by atoms with Crippen molar-refractivity contribution in [3.8, 4) is 22.9 Å². The molecule has 3 rings (SSSR count). The molecule has 1 aliphatic rings. The van der Waals surface area contributed by atoms with Crippen molar-refractivity contribution in [3.63, 3.8) is 0 Å². The third-order valence-corrected chi connectivity index (χ3v) is 7.28. The summed E-state index contributed by atoms with van der Waals surface area (Å²) in [4.78, 5) is 0. The number of halogens is 1. The second-order valence-corrected chi connectivity index (χ2v) is 9.33. The van der Waals surface area contributed by atoms with Crippen molar-refractivity contribution in [1.29, 1.82) is 5.26 Å². The summed E-state index contributed by atoms with van der Waals surface area (Å²) in [5, 5.41) is 9.87. The molecule has 172 valence electrons. The van der Waals surface area contributed by atoms with Gasteiger partial charge in [-0.1, -0.05) is 70.2 Å². The van der Waals surface area contributed by atoms with Crippen LogP contribution in [0, 0.1) is 23.1 Å². The van der Waals surface area contributed by atoms with Crippen molar-refractivity contribution in [2.24, 2.45) is 5.92 Å². The van der Waals surface area contributed by atoms with Gasteiger partial charge in [-0.25, -0.2) is 4.39 Å². The van der Waals surface area contributed by atoms with Gasteiger partial charge in [-0.3, -0.25) is 0 Å². The first-order valence-electron chi connectivity index (χ1n) is 12.5. The Morgan fingerprint density at radius 3 is 2.34 bits per heavy atom. The Hall–Kier alpha value is -2.34. The number of benzene rings is 2. The molecular formula is C29H38FNO. The number of nitriles is 1. The smallest absolute Gasteiger partial charge is 0.168 e.